The van der Waals surface area contributed by atoms with Gasteiger partial charge < -0.3 is 15.2 Å². The minimum Gasteiger partial charge on any atom is -0.497 e. The molecule has 2 atom stereocenters. The van der Waals surface area contributed by atoms with Gasteiger partial charge in [-0.15, -0.1) is 0 Å². The molecule has 1 aliphatic rings. The maximum Gasteiger partial charge on any atom is 0.169 e. The SMILES string of the molecule is COc1ccc(OC)c(C(=O)C2CCCC(N)C2)c1. The Morgan fingerprint density at radius 1 is 1.26 bits per heavy atom. The van der Waals surface area contributed by atoms with Crippen LogP contribution in [0.1, 0.15) is 36.0 Å². The Kier molecular flexibility index (Phi) is 4.43. The molecule has 1 aromatic rings. The summed E-state index contributed by atoms with van der Waals surface area (Å²) in [6.45, 7) is 0. The van der Waals surface area contributed by atoms with Gasteiger partial charge in [-0.25, -0.2) is 0 Å². The molecule has 1 aromatic carbocycles. The van der Waals surface area contributed by atoms with Gasteiger partial charge >= 0.3 is 0 Å². The van der Waals surface area contributed by atoms with Gasteiger partial charge in [-0.2, -0.15) is 0 Å². The minimum absolute atomic E-state index is 0.00440. The molecule has 0 amide bonds. The van der Waals surface area contributed by atoms with E-state index in [1.54, 1.807) is 32.4 Å². The molecule has 0 aliphatic heterocycles. The van der Waals surface area contributed by atoms with Crippen molar-refractivity contribution in [3.05, 3.63) is 23.8 Å². The molecule has 4 heteroatoms. The summed E-state index contributed by atoms with van der Waals surface area (Å²) in [5, 5.41) is 0. The second-order valence-electron chi connectivity index (χ2n) is 5.05. The first-order chi connectivity index (χ1) is 9.15. The van der Waals surface area contributed by atoms with Crippen LogP contribution in [0, 0.1) is 5.92 Å². The van der Waals surface area contributed by atoms with Crippen LogP contribution in [0.15, 0.2) is 18.2 Å². The highest BCUT2D eigenvalue weighted by Gasteiger charge is 2.28. The van der Waals surface area contributed by atoms with Gasteiger partial charge in [0.2, 0.25) is 0 Å². The molecule has 0 spiro atoms. The van der Waals surface area contributed by atoms with Crippen LogP contribution in [0.25, 0.3) is 0 Å². The standard InChI is InChI=1S/C15H21NO3/c1-18-12-6-7-14(19-2)13(9-12)15(17)10-4-3-5-11(16)8-10/h6-7,9-11H,3-5,8,16H2,1-2H3. The average molecular weight is 263 g/mol. The Balaban J connectivity index is 2.26. The molecule has 1 saturated carbocycles. The maximum absolute atomic E-state index is 12.6. The molecular weight excluding hydrogens is 242 g/mol. The summed E-state index contributed by atoms with van der Waals surface area (Å²) in [6, 6.07) is 5.46. The van der Waals surface area contributed by atoms with Crippen molar-refractivity contribution in [3.8, 4) is 11.5 Å². The third-order valence-electron chi connectivity index (χ3n) is 3.76. The molecule has 0 saturated heterocycles. The summed E-state index contributed by atoms with van der Waals surface area (Å²) >= 11 is 0. The molecule has 104 valence electrons. The summed E-state index contributed by atoms with van der Waals surface area (Å²) < 4.78 is 10.5. The first kappa shape index (κ1) is 13.9. The summed E-state index contributed by atoms with van der Waals surface area (Å²) in [5.41, 5.74) is 6.56. The van der Waals surface area contributed by atoms with Crippen molar-refractivity contribution in [2.45, 2.75) is 31.7 Å². The smallest absolute Gasteiger partial charge is 0.169 e. The number of Topliss-reactive ketones (excluding diaryl/α,β-unsaturated/α-hetero) is 1. The normalized spacial score (nSPS) is 22.9. The first-order valence-electron chi connectivity index (χ1n) is 6.67. The van der Waals surface area contributed by atoms with Crippen LogP contribution < -0.4 is 15.2 Å². The quantitative estimate of drug-likeness (QED) is 0.847. The molecule has 1 fully saturated rings. The van der Waals surface area contributed by atoms with Gasteiger partial charge in [-0.05, 0) is 37.5 Å². The second-order valence-corrected chi connectivity index (χ2v) is 5.05. The van der Waals surface area contributed by atoms with E-state index < -0.39 is 0 Å². The van der Waals surface area contributed by atoms with E-state index in [4.69, 9.17) is 15.2 Å². The van der Waals surface area contributed by atoms with Gasteiger partial charge in [-0.1, -0.05) is 6.42 Å². The van der Waals surface area contributed by atoms with Gasteiger partial charge in [0.05, 0.1) is 19.8 Å². The zero-order valence-corrected chi connectivity index (χ0v) is 11.5. The predicted octanol–water partition coefficient (Wildman–Crippen LogP) is 2.40. The fraction of sp³-hybridized carbons (Fsp3) is 0.533. The molecule has 0 heterocycles. The molecular formula is C15H21NO3. The second kappa shape index (κ2) is 6.06. The zero-order valence-electron chi connectivity index (χ0n) is 11.5. The highest BCUT2D eigenvalue weighted by Crippen LogP contribution is 2.31. The van der Waals surface area contributed by atoms with Crippen LogP contribution in [-0.2, 0) is 0 Å². The number of nitrogens with two attached hydrogens (primary N) is 1. The third-order valence-corrected chi connectivity index (χ3v) is 3.76. The lowest BCUT2D eigenvalue weighted by atomic mass is 9.81. The monoisotopic (exact) mass is 263 g/mol. The Morgan fingerprint density at radius 2 is 2.05 bits per heavy atom. The van der Waals surface area contributed by atoms with Crippen molar-refractivity contribution < 1.29 is 14.3 Å². The summed E-state index contributed by atoms with van der Waals surface area (Å²) in [7, 11) is 3.16. The highest BCUT2D eigenvalue weighted by molar-refractivity contribution is 6.00. The number of rotatable bonds is 4. The van der Waals surface area contributed by atoms with E-state index >= 15 is 0 Å². The summed E-state index contributed by atoms with van der Waals surface area (Å²) in [6.07, 6.45) is 3.70. The number of benzene rings is 1. The molecule has 1 aliphatic carbocycles. The van der Waals surface area contributed by atoms with Crippen molar-refractivity contribution in [1.82, 2.24) is 0 Å². The largest absolute Gasteiger partial charge is 0.497 e. The van der Waals surface area contributed by atoms with Crippen LogP contribution >= 0.6 is 0 Å². The summed E-state index contributed by atoms with van der Waals surface area (Å²) in [5.74, 6) is 1.39. The molecule has 2 N–H and O–H groups in total. The number of carbonyl (C=O) groups is 1. The van der Waals surface area contributed by atoms with Crippen LogP contribution in [-0.4, -0.2) is 26.0 Å². The lowest BCUT2D eigenvalue weighted by Gasteiger charge is -2.26. The molecule has 2 rings (SSSR count). The molecule has 0 aromatic heterocycles. The Morgan fingerprint density at radius 3 is 2.68 bits per heavy atom. The van der Waals surface area contributed by atoms with E-state index in [9.17, 15) is 4.79 Å². The van der Waals surface area contributed by atoms with Crippen molar-refractivity contribution in [2.75, 3.05) is 14.2 Å². The average Bonchev–Trinajstić information content (AvgIpc) is 2.45. The molecule has 0 bridgehead atoms. The number of hydrogen-bond donors (Lipinski definition) is 1. The molecule has 0 radical (unpaired) electrons. The van der Waals surface area contributed by atoms with Crippen molar-refractivity contribution >= 4 is 5.78 Å². The number of ether oxygens (including phenoxy) is 2. The lowest BCUT2D eigenvalue weighted by molar-refractivity contribution is 0.0878. The van der Waals surface area contributed by atoms with Gasteiger partial charge in [0.1, 0.15) is 11.5 Å². The first-order valence-corrected chi connectivity index (χ1v) is 6.67. The number of ketones is 1. The number of methoxy groups -OCH3 is 2. The minimum atomic E-state index is 0.00440. The highest BCUT2D eigenvalue weighted by atomic mass is 16.5. The van der Waals surface area contributed by atoms with Gasteiger partial charge in [0.15, 0.2) is 5.78 Å². The Labute approximate surface area is 113 Å². The molecule has 4 nitrogen and oxygen atoms in total. The number of hydrogen-bond acceptors (Lipinski definition) is 4. The predicted molar refractivity (Wildman–Crippen MR) is 73.8 cm³/mol. The van der Waals surface area contributed by atoms with E-state index in [2.05, 4.69) is 0 Å². The Hall–Kier alpha value is -1.55. The van der Waals surface area contributed by atoms with Crippen LogP contribution in [0.4, 0.5) is 0 Å². The maximum atomic E-state index is 12.6. The van der Waals surface area contributed by atoms with Crippen molar-refractivity contribution in [2.24, 2.45) is 11.7 Å². The zero-order chi connectivity index (χ0) is 13.8. The van der Waals surface area contributed by atoms with E-state index in [0.717, 1.165) is 25.7 Å². The van der Waals surface area contributed by atoms with Gasteiger partial charge in [0.25, 0.3) is 0 Å². The lowest BCUT2D eigenvalue weighted by Crippen LogP contribution is -2.31. The van der Waals surface area contributed by atoms with Gasteiger partial charge in [-0.3, -0.25) is 4.79 Å². The van der Waals surface area contributed by atoms with Crippen LogP contribution in [0.2, 0.25) is 0 Å². The molecule has 19 heavy (non-hydrogen) atoms. The van der Waals surface area contributed by atoms with E-state index in [1.807, 2.05) is 0 Å². The topological polar surface area (TPSA) is 61.5 Å². The van der Waals surface area contributed by atoms with Gasteiger partial charge in [0, 0.05) is 12.0 Å². The third kappa shape index (κ3) is 3.07. The van der Waals surface area contributed by atoms with Crippen molar-refractivity contribution in [3.63, 3.8) is 0 Å². The fourth-order valence-electron chi connectivity index (χ4n) is 2.69. The number of carbonyl (C=O) groups excluding carboxylic acids is 1. The van der Waals surface area contributed by atoms with E-state index in [0.29, 0.717) is 17.1 Å². The molecule has 2 unspecified atom stereocenters. The Bertz CT molecular complexity index is 459. The fourth-order valence-corrected chi connectivity index (χ4v) is 2.69. The van der Waals surface area contributed by atoms with Crippen LogP contribution in [0.5, 0.6) is 11.5 Å². The van der Waals surface area contributed by atoms with Crippen molar-refractivity contribution in [1.29, 1.82) is 0 Å². The van der Waals surface area contributed by atoms with Crippen LogP contribution in [0.3, 0.4) is 0 Å². The van der Waals surface area contributed by atoms with E-state index in [-0.39, 0.29) is 17.7 Å². The van der Waals surface area contributed by atoms with E-state index in [1.165, 1.54) is 0 Å². The summed E-state index contributed by atoms with van der Waals surface area (Å²) in [4.78, 5) is 12.6.